The van der Waals surface area contributed by atoms with E-state index < -0.39 is 10.0 Å². The van der Waals surface area contributed by atoms with Crippen molar-refractivity contribution in [2.45, 2.75) is 37.6 Å². The van der Waals surface area contributed by atoms with Crippen LogP contribution in [-0.4, -0.2) is 20.4 Å². The summed E-state index contributed by atoms with van der Waals surface area (Å²) in [5, 5.41) is 3.33. The minimum Gasteiger partial charge on any atom is -0.350 e. The molecule has 0 aliphatic heterocycles. The fourth-order valence-corrected chi connectivity index (χ4v) is 3.81. The van der Waals surface area contributed by atoms with Gasteiger partial charge < -0.3 is 5.32 Å². The average molecular weight is 415 g/mol. The van der Waals surface area contributed by atoms with Gasteiger partial charge >= 0.3 is 0 Å². The number of hydrogen-bond acceptors (Lipinski definition) is 3. The molecule has 0 fully saturated rings. The van der Waals surface area contributed by atoms with Crippen LogP contribution in [0, 0.1) is 0 Å². The highest BCUT2D eigenvalue weighted by atomic mass is 35.5. The molecule has 140 valence electrons. The number of amides is 1. The van der Waals surface area contributed by atoms with E-state index in [1.165, 1.54) is 30.3 Å². The normalized spacial score (nSPS) is 12.5. The Labute approximate surface area is 163 Å². The lowest BCUT2D eigenvalue weighted by molar-refractivity contribution is 0.0938. The molecule has 0 radical (unpaired) electrons. The van der Waals surface area contributed by atoms with E-state index in [0.29, 0.717) is 11.3 Å². The number of rotatable bonds is 7. The van der Waals surface area contributed by atoms with Crippen molar-refractivity contribution >= 4 is 44.8 Å². The third kappa shape index (κ3) is 5.37. The first-order chi connectivity index (χ1) is 12.2. The summed E-state index contributed by atoms with van der Waals surface area (Å²) in [5.41, 5.74) is 0.805. The molecule has 0 heterocycles. The molecular weight excluding hydrogens is 395 g/mol. The van der Waals surface area contributed by atoms with E-state index in [-0.39, 0.29) is 26.9 Å². The molecule has 0 aliphatic rings. The maximum atomic E-state index is 12.4. The lowest BCUT2D eigenvalue weighted by Gasteiger charge is -2.13. The van der Waals surface area contributed by atoms with Crippen LogP contribution in [0.25, 0.3) is 0 Å². The van der Waals surface area contributed by atoms with Gasteiger partial charge in [0.1, 0.15) is 0 Å². The highest BCUT2D eigenvalue weighted by Crippen LogP contribution is 2.26. The molecule has 2 rings (SSSR count). The van der Waals surface area contributed by atoms with Crippen LogP contribution in [0.15, 0.2) is 47.4 Å². The second-order valence-electron chi connectivity index (χ2n) is 5.92. The summed E-state index contributed by atoms with van der Waals surface area (Å²) in [6.07, 6.45) is 1.88. The number of hydrogen-bond donors (Lipinski definition) is 2. The summed E-state index contributed by atoms with van der Waals surface area (Å²) in [5.74, 6) is -0.190. The largest absolute Gasteiger partial charge is 0.350 e. The molecule has 26 heavy (non-hydrogen) atoms. The minimum atomic E-state index is -3.81. The van der Waals surface area contributed by atoms with E-state index in [4.69, 9.17) is 23.2 Å². The fraction of sp³-hybridized carbons (Fsp3) is 0.278. The van der Waals surface area contributed by atoms with E-state index in [0.717, 1.165) is 12.8 Å². The van der Waals surface area contributed by atoms with Crippen LogP contribution in [0.3, 0.4) is 0 Å². The van der Waals surface area contributed by atoms with Gasteiger partial charge in [0.15, 0.2) is 0 Å². The van der Waals surface area contributed by atoms with Crippen LogP contribution in [0.1, 0.15) is 37.0 Å². The molecule has 0 saturated heterocycles. The molecule has 0 saturated carbocycles. The smallest absolute Gasteiger partial charge is 0.261 e. The van der Waals surface area contributed by atoms with Crippen molar-refractivity contribution in [2.24, 2.45) is 0 Å². The highest BCUT2D eigenvalue weighted by molar-refractivity contribution is 7.92. The lowest BCUT2D eigenvalue weighted by atomic mass is 10.1. The van der Waals surface area contributed by atoms with Crippen molar-refractivity contribution < 1.29 is 13.2 Å². The van der Waals surface area contributed by atoms with Crippen molar-refractivity contribution in [1.29, 1.82) is 0 Å². The first kappa shape index (κ1) is 20.6. The third-order valence-electron chi connectivity index (χ3n) is 3.70. The topological polar surface area (TPSA) is 75.3 Å². The zero-order valence-electron chi connectivity index (χ0n) is 14.4. The van der Waals surface area contributed by atoms with Gasteiger partial charge in [-0.3, -0.25) is 9.52 Å². The first-order valence-corrected chi connectivity index (χ1v) is 10.4. The predicted octanol–water partition coefficient (Wildman–Crippen LogP) is 4.71. The van der Waals surface area contributed by atoms with E-state index >= 15 is 0 Å². The van der Waals surface area contributed by atoms with Crippen LogP contribution < -0.4 is 10.0 Å². The summed E-state index contributed by atoms with van der Waals surface area (Å²) < 4.78 is 27.3. The van der Waals surface area contributed by atoms with Gasteiger partial charge in [0, 0.05) is 17.3 Å². The third-order valence-corrected chi connectivity index (χ3v) is 5.82. The zero-order chi connectivity index (χ0) is 19.3. The molecule has 2 N–H and O–H groups in total. The van der Waals surface area contributed by atoms with Crippen LogP contribution in [0.2, 0.25) is 10.0 Å². The fourth-order valence-electron chi connectivity index (χ4n) is 2.36. The number of halogens is 2. The molecule has 2 aromatic rings. The number of carbonyl (C=O) groups is 1. The van der Waals surface area contributed by atoms with Gasteiger partial charge in [0.25, 0.3) is 15.9 Å². The standard InChI is InChI=1S/C18H20Cl2N2O3S/c1-3-4-12(2)21-18(23)13-5-7-14(8-6-13)22-26(24,25)15-9-10-16(19)17(20)11-15/h5-12,22H,3-4H2,1-2H3,(H,21,23). The van der Waals surface area contributed by atoms with Crippen LogP contribution in [-0.2, 0) is 10.0 Å². The molecule has 0 aliphatic carbocycles. The number of anilines is 1. The molecular formula is C18H20Cl2N2O3S. The van der Waals surface area contributed by atoms with Crippen LogP contribution >= 0.6 is 23.2 Å². The quantitative estimate of drug-likeness (QED) is 0.688. The Balaban J connectivity index is 2.10. The number of nitrogens with one attached hydrogen (secondary N) is 2. The summed E-state index contributed by atoms with van der Waals surface area (Å²) in [4.78, 5) is 12.1. The van der Waals surface area contributed by atoms with Crippen LogP contribution in [0.5, 0.6) is 0 Å². The zero-order valence-corrected chi connectivity index (χ0v) is 16.8. The Morgan fingerprint density at radius 2 is 1.73 bits per heavy atom. The Kier molecular flexibility index (Phi) is 6.92. The Hall–Kier alpha value is -1.76. The Morgan fingerprint density at radius 1 is 1.08 bits per heavy atom. The maximum absolute atomic E-state index is 12.4. The van der Waals surface area contributed by atoms with E-state index in [9.17, 15) is 13.2 Å². The molecule has 1 unspecified atom stereocenters. The van der Waals surface area contributed by atoms with Gasteiger partial charge in [-0.25, -0.2) is 8.42 Å². The molecule has 0 aromatic heterocycles. The molecule has 8 heteroatoms. The summed E-state index contributed by atoms with van der Waals surface area (Å²) >= 11 is 11.7. The number of sulfonamides is 1. The van der Waals surface area contributed by atoms with Crippen LogP contribution in [0.4, 0.5) is 5.69 Å². The summed E-state index contributed by atoms with van der Waals surface area (Å²) in [6.45, 7) is 4.00. The summed E-state index contributed by atoms with van der Waals surface area (Å²) in [7, 11) is -3.81. The second-order valence-corrected chi connectivity index (χ2v) is 8.42. The molecule has 1 amide bonds. The molecule has 1 atom stereocenters. The van der Waals surface area contributed by atoms with Crippen molar-refractivity contribution in [1.82, 2.24) is 5.32 Å². The van der Waals surface area contributed by atoms with Crippen molar-refractivity contribution in [2.75, 3.05) is 4.72 Å². The average Bonchev–Trinajstić information content (AvgIpc) is 2.57. The van der Waals surface area contributed by atoms with Gasteiger partial charge in [0.2, 0.25) is 0 Å². The first-order valence-electron chi connectivity index (χ1n) is 8.11. The van der Waals surface area contributed by atoms with E-state index in [1.54, 1.807) is 12.1 Å². The van der Waals surface area contributed by atoms with Gasteiger partial charge in [-0.05, 0) is 55.8 Å². The number of benzene rings is 2. The van der Waals surface area contributed by atoms with Gasteiger partial charge in [-0.1, -0.05) is 36.5 Å². The second kappa shape index (κ2) is 8.75. The van der Waals surface area contributed by atoms with Gasteiger partial charge in [0.05, 0.1) is 14.9 Å². The molecule has 2 aromatic carbocycles. The predicted molar refractivity (Wildman–Crippen MR) is 106 cm³/mol. The molecule has 0 spiro atoms. The monoisotopic (exact) mass is 414 g/mol. The van der Waals surface area contributed by atoms with Crippen molar-refractivity contribution in [3.8, 4) is 0 Å². The molecule has 5 nitrogen and oxygen atoms in total. The summed E-state index contributed by atoms with van der Waals surface area (Å²) in [6, 6.07) is 10.4. The maximum Gasteiger partial charge on any atom is 0.261 e. The minimum absolute atomic E-state index is 0.00195. The van der Waals surface area contributed by atoms with E-state index in [1.807, 2.05) is 6.92 Å². The SMILES string of the molecule is CCCC(C)NC(=O)c1ccc(NS(=O)(=O)c2ccc(Cl)c(Cl)c2)cc1. The number of carbonyl (C=O) groups excluding carboxylic acids is 1. The van der Waals surface area contributed by atoms with E-state index in [2.05, 4.69) is 17.0 Å². The van der Waals surface area contributed by atoms with Gasteiger partial charge in [-0.15, -0.1) is 0 Å². The van der Waals surface area contributed by atoms with Gasteiger partial charge in [-0.2, -0.15) is 0 Å². The van der Waals surface area contributed by atoms with Crippen molar-refractivity contribution in [3.05, 3.63) is 58.1 Å². The Morgan fingerprint density at radius 3 is 2.31 bits per heavy atom. The highest BCUT2D eigenvalue weighted by Gasteiger charge is 2.16. The van der Waals surface area contributed by atoms with Crippen molar-refractivity contribution in [3.63, 3.8) is 0 Å². The Bertz CT molecular complexity index is 884. The lowest BCUT2D eigenvalue weighted by Crippen LogP contribution is -2.32. The molecule has 0 bridgehead atoms.